The molecule has 2 heterocycles. The minimum Gasteiger partial charge on any atom is -0.379 e. The highest BCUT2D eigenvalue weighted by Gasteiger charge is 2.27. The van der Waals surface area contributed by atoms with Gasteiger partial charge in [-0.25, -0.2) is 22.2 Å². The number of halogens is 2. The maximum Gasteiger partial charge on any atom is 0.243 e. The van der Waals surface area contributed by atoms with Crippen LogP contribution in [0.4, 0.5) is 8.78 Å². The molecule has 1 atom stereocenters. The number of ether oxygens (including phenoxy) is 1. The quantitative estimate of drug-likeness (QED) is 0.581. The molecule has 10 heteroatoms. The number of fused-ring (bicyclic) bond motifs is 1. The van der Waals surface area contributed by atoms with Gasteiger partial charge in [0.05, 0.1) is 35.7 Å². The minimum atomic E-state index is -3.61. The summed E-state index contributed by atoms with van der Waals surface area (Å²) in [6.07, 6.45) is 0. The maximum absolute atomic E-state index is 13.6. The molecule has 1 aliphatic rings. The highest BCUT2D eigenvalue weighted by atomic mass is 32.2. The summed E-state index contributed by atoms with van der Waals surface area (Å²) in [5, 5.41) is 3.28. The zero-order valence-corrected chi connectivity index (χ0v) is 18.8. The van der Waals surface area contributed by atoms with E-state index in [0.29, 0.717) is 50.5 Å². The van der Waals surface area contributed by atoms with Crippen LogP contribution in [0.25, 0.3) is 11.0 Å². The first-order chi connectivity index (χ1) is 15.3. The molecule has 1 aromatic heterocycles. The second kappa shape index (κ2) is 9.22. The van der Waals surface area contributed by atoms with Crippen molar-refractivity contribution in [2.75, 3.05) is 26.3 Å². The molecule has 0 unspecified atom stereocenters. The van der Waals surface area contributed by atoms with Crippen molar-refractivity contribution in [3.63, 3.8) is 0 Å². The number of nitrogens with one attached hydrogen (secondary N) is 1. The van der Waals surface area contributed by atoms with Crippen molar-refractivity contribution in [2.45, 2.75) is 37.9 Å². The predicted octanol–water partition coefficient (Wildman–Crippen LogP) is 3.21. The molecule has 4 rings (SSSR count). The van der Waals surface area contributed by atoms with Gasteiger partial charge in [-0.05, 0) is 49.7 Å². The number of benzene rings is 2. The number of aromatic nitrogens is 2. The van der Waals surface area contributed by atoms with Crippen LogP contribution in [0.15, 0.2) is 41.3 Å². The van der Waals surface area contributed by atoms with Gasteiger partial charge >= 0.3 is 0 Å². The lowest BCUT2D eigenvalue weighted by molar-refractivity contribution is 0.0730. The van der Waals surface area contributed by atoms with E-state index < -0.39 is 21.7 Å². The Hall–Kier alpha value is -2.40. The average Bonchev–Trinajstić information content (AvgIpc) is 3.16. The number of hydrogen-bond donors (Lipinski definition) is 1. The van der Waals surface area contributed by atoms with Crippen LogP contribution in [0.1, 0.15) is 31.3 Å². The van der Waals surface area contributed by atoms with Gasteiger partial charge in [-0.3, -0.25) is 0 Å². The summed E-state index contributed by atoms with van der Waals surface area (Å²) in [5.74, 6) is -1.03. The number of rotatable bonds is 7. The molecule has 0 saturated carbocycles. The summed E-state index contributed by atoms with van der Waals surface area (Å²) in [6, 6.07) is 8.60. The molecule has 7 nitrogen and oxygen atoms in total. The van der Waals surface area contributed by atoms with E-state index in [9.17, 15) is 17.2 Å². The van der Waals surface area contributed by atoms with Crippen LogP contribution in [0.3, 0.4) is 0 Å². The largest absolute Gasteiger partial charge is 0.379 e. The summed E-state index contributed by atoms with van der Waals surface area (Å²) in [7, 11) is -3.61. The molecule has 0 radical (unpaired) electrons. The van der Waals surface area contributed by atoms with Gasteiger partial charge in [0, 0.05) is 25.7 Å². The fourth-order valence-electron chi connectivity index (χ4n) is 3.89. The molecule has 1 fully saturated rings. The van der Waals surface area contributed by atoms with Crippen molar-refractivity contribution in [3.8, 4) is 0 Å². The average molecular weight is 465 g/mol. The Balaban J connectivity index is 1.57. The van der Waals surface area contributed by atoms with Gasteiger partial charge in [-0.2, -0.15) is 4.31 Å². The first kappa shape index (κ1) is 22.8. The molecular formula is C22H26F2N4O3S. The number of nitrogens with zero attached hydrogens (tertiary/aromatic N) is 3. The summed E-state index contributed by atoms with van der Waals surface area (Å²) in [4.78, 5) is 4.87. The van der Waals surface area contributed by atoms with Gasteiger partial charge in [-0.15, -0.1) is 0 Å². The van der Waals surface area contributed by atoms with Gasteiger partial charge < -0.3 is 14.6 Å². The molecule has 2 aromatic carbocycles. The van der Waals surface area contributed by atoms with Crippen LogP contribution in [0.5, 0.6) is 0 Å². The van der Waals surface area contributed by atoms with Gasteiger partial charge in [0.2, 0.25) is 10.0 Å². The number of aryl methyl sites for hydroxylation is 1. The minimum absolute atomic E-state index is 0.210. The van der Waals surface area contributed by atoms with E-state index in [4.69, 9.17) is 4.74 Å². The van der Waals surface area contributed by atoms with Gasteiger partial charge in [0.15, 0.2) is 11.6 Å². The Morgan fingerprint density at radius 2 is 1.88 bits per heavy atom. The van der Waals surface area contributed by atoms with E-state index in [1.165, 1.54) is 10.4 Å². The van der Waals surface area contributed by atoms with Crippen LogP contribution < -0.4 is 5.32 Å². The molecule has 0 spiro atoms. The standard InChI is InChI=1S/C22H26F2N4O3S/c1-3-28-21-7-5-17(32(29,30)27-8-10-31-11-9-27)13-20(21)26-22(28)14-25-15(2)16-4-6-18(23)19(24)12-16/h4-7,12-13,15,25H,3,8-11,14H2,1-2H3/t15-/m1/s1. The monoisotopic (exact) mass is 464 g/mol. The number of imidazole rings is 1. The van der Waals surface area contributed by atoms with Gasteiger partial charge in [0.1, 0.15) is 5.82 Å². The molecule has 0 amide bonds. The normalized spacial score (nSPS) is 16.5. The molecule has 1 aliphatic heterocycles. The van der Waals surface area contributed by atoms with Crippen molar-refractivity contribution in [3.05, 3.63) is 59.4 Å². The van der Waals surface area contributed by atoms with E-state index in [0.717, 1.165) is 17.4 Å². The van der Waals surface area contributed by atoms with E-state index >= 15 is 0 Å². The Morgan fingerprint density at radius 3 is 2.56 bits per heavy atom. The number of morpholine rings is 1. The second-order valence-electron chi connectivity index (χ2n) is 7.72. The van der Waals surface area contributed by atoms with Crippen LogP contribution in [-0.4, -0.2) is 48.6 Å². The van der Waals surface area contributed by atoms with Gasteiger partial charge in [-0.1, -0.05) is 6.07 Å². The van der Waals surface area contributed by atoms with E-state index in [2.05, 4.69) is 10.3 Å². The molecular weight excluding hydrogens is 438 g/mol. The fourth-order valence-corrected chi connectivity index (χ4v) is 5.32. The van der Waals surface area contributed by atoms with Crippen LogP contribution in [0.2, 0.25) is 0 Å². The third-order valence-electron chi connectivity index (χ3n) is 5.73. The van der Waals surface area contributed by atoms with Crippen LogP contribution in [0, 0.1) is 11.6 Å². The third kappa shape index (κ3) is 4.40. The molecule has 0 aliphatic carbocycles. The Kier molecular flexibility index (Phi) is 6.57. The number of hydrogen-bond acceptors (Lipinski definition) is 5. The summed E-state index contributed by atoms with van der Waals surface area (Å²) in [5.41, 5.74) is 2.06. The predicted molar refractivity (Wildman–Crippen MR) is 117 cm³/mol. The van der Waals surface area contributed by atoms with Crippen molar-refractivity contribution in [1.29, 1.82) is 0 Å². The summed E-state index contributed by atoms with van der Waals surface area (Å²) >= 11 is 0. The Labute approximate surface area is 186 Å². The topological polar surface area (TPSA) is 76.5 Å². The van der Waals surface area contributed by atoms with Crippen molar-refractivity contribution in [2.24, 2.45) is 0 Å². The number of sulfonamides is 1. The second-order valence-corrected chi connectivity index (χ2v) is 9.65. The fraction of sp³-hybridized carbons (Fsp3) is 0.409. The SMILES string of the molecule is CCn1c(CN[C@H](C)c2ccc(F)c(F)c2)nc2cc(S(=O)(=O)N3CCOCC3)ccc21. The molecule has 3 aromatic rings. The Morgan fingerprint density at radius 1 is 1.12 bits per heavy atom. The molecule has 32 heavy (non-hydrogen) atoms. The first-order valence-electron chi connectivity index (χ1n) is 10.6. The molecule has 0 bridgehead atoms. The van der Waals surface area contributed by atoms with Crippen LogP contribution in [-0.2, 0) is 27.8 Å². The zero-order valence-electron chi connectivity index (χ0n) is 18.0. The smallest absolute Gasteiger partial charge is 0.243 e. The summed E-state index contributed by atoms with van der Waals surface area (Å²) < 4.78 is 61.4. The summed E-state index contributed by atoms with van der Waals surface area (Å²) in [6.45, 7) is 6.33. The van der Waals surface area contributed by atoms with Gasteiger partial charge in [0.25, 0.3) is 0 Å². The van der Waals surface area contributed by atoms with Crippen molar-refractivity contribution < 1.29 is 21.9 Å². The molecule has 1 N–H and O–H groups in total. The highest BCUT2D eigenvalue weighted by Crippen LogP contribution is 2.24. The first-order valence-corrected chi connectivity index (χ1v) is 12.0. The van der Waals surface area contributed by atoms with E-state index in [-0.39, 0.29) is 10.9 Å². The Bertz CT molecular complexity index is 1220. The maximum atomic E-state index is 13.6. The lowest BCUT2D eigenvalue weighted by atomic mass is 10.1. The highest BCUT2D eigenvalue weighted by molar-refractivity contribution is 7.89. The van der Waals surface area contributed by atoms with Crippen molar-refractivity contribution in [1.82, 2.24) is 19.2 Å². The van der Waals surface area contributed by atoms with E-state index in [1.807, 2.05) is 18.4 Å². The lowest BCUT2D eigenvalue weighted by Gasteiger charge is -2.26. The van der Waals surface area contributed by atoms with Crippen molar-refractivity contribution >= 4 is 21.1 Å². The van der Waals surface area contributed by atoms with E-state index in [1.54, 1.807) is 24.3 Å². The third-order valence-corrected chi connectivity index (χ3v) is 7.63. The molecule has 172 valence electrons. The lowest BCUT2D eigenvalue weighted by Crippen LogP contribution is -2.40. The zero-order chi connectivity index (χ0) is 22.9. The van der Waals surface area contributed by atoms with Crippen LogP contribution >= 0.6 is 0 Å². The molecule has 1 saturated heterocycles.